The molecule has 1 saturated heterocycles. The van der Waals surface area contributed by atoms with Crippen LogP contribution in [0.15, 0.2) is 11.6 Å². The molecular weight excluding hydrogens is 684 g/mol. The number of ether oxygens (including phenoxy) is 2. The van der Waals surface area contributed by atoms with Gasteiger partial charge in [0.15, 0.2) is 12.1 Å². The van der Waals surface area contributed by atoms with E-state index >= 15 is 0 Å². The predicted octanol–water partition coefficient (Wildman–Crippen LogP) is 3.02. The van der Waals surface area contributed by atoms with Crippen LogP contribution in [0.5, 0.6) is 0 Å². The van der Waals surface area contributed by atoms with Gasteiger partial charge in [-0.1, -0.05) is 46.3 Å². The number of carbonyl (C=O) groups is 1. The Morgan fingerprint density at radius 1 is 0.980 bits per heavy atom. The lowest BCUT2D eigenvalue weighted by atomic mass is 9.47. The van der Waals surface area contributed by atoms with Crippen LogP contribution < -0.4 is 0 Å². The Kier molecular flexibility index (Phi) is 11.2. The number of hydrogen-bond donors (Lipinski definition) is 5. The minimum Gasteiger partial charge on any atom is -0.387 e. The largest absolute Gasteiger partial charge is 0.397 e. The van der Waals surface area contributed by atoms with Gasteiger partial charge in [0.2, 0.25) is 0 Å². The van der Waals surface area contributed by atoms with Gasteiger partial charge in [0.05, 0.1) is 18.3 Å². The molecule has 5 aliphatic rings. The molecule has 5 rings (SSSR count). The van der Waals surface area contributed by atoms with Gasteiger partial charge in [0.25, 0.3) is 0 Å². The molecule has 0 aromatic rings. The molecule has 282 valence electrons. The molecule has 15 atom stereocenters. The predicted molar refractivity (Wildman–Crippen MR) is 174 cm³/mol. The summed E-state index contributed by atoms with van der Waals surface area (Å²) in [7, 11) is -9.69. The second-order valence-electron chi connectivity index (χ2n) is 16.1. The number of Topliss-reactive ketones (excluding diaryl/α,β-unsaturated/α-hetero) is 1. The summed E-state index contributed by atoms with van der Waals surface area (Å²) >= 11 is 0. The number of fused-ring (bicyclic) bond motifs is 5. The van der Waals surface area contributed by atoms with Gasteiger partial charge in [0.1, 0.15) is 24.4 Å². The van der Waals surface area contributed by atoms with Gasteiger partial charge in [-0.3, -0.25) is 13.9 Å². The summed E-state index contributed by atoms with van der Waals surface area (Å²) in [5.41, 5.74) is 0.668. The van der Waals surface area contributed by atoms with Crippen molar-refractivity contribution in [1.82, 2.24) is 0 Å². The first-order chi connectivity index (χ1) is 22.6. The molecule has 1 heterocycles. The number of carbonyl (C=O) groups excluding carboxylic acids is 1. The molecule has 49 heavy (non-hydrogen) atoms. The van der Waals surface area contributed by atoms with Crippen LogP contribution in [0.2, 0.25) is 0 Å². The van der Waals surface area contributed by atoms with E-state index in [2.05, 4.69) is 31.0 Å². The maximum absolute atomic E-state index is 12.9. The number of aliphatic hydroxyl groups is 3. The quantitative estimate of drug-likeness (QED) is 0.152. The van der Waals surface area contributed by atoms with E-state index in [-0.39, 0.29) is 53.1 Å². The van der Waals surface area contributed by atoms with E-state index in [1.54, 1.807) is 0 Å². The Morgan fingerprint density at radius 3 is 2.24 bits per heavy atom. The maximum Gasteiger partial charge on any atom is 0.397 e. The summed E-state index contributed by atoms with van der Waals surface area (Å²) in [5.74, 6) is -0.0488. The fraction of sp³-hybridized carbons (Fsp3) is 0.909. The van der Waals surface area contributed by atoms with Crippen molar-refractivity contribution in [3.63, 3.8) is 0 Å². The van der Waals surface area contributed by atoms with Crippen LogP contribution in [-0.4, -0.2) is 96.1 Å². The summed E-state index contributed by atoms with van der Waals surface area (Å²) in [6, 6.07) is 0. The van der Waals surface area contributed by atoms with E-state index in [1.165, 1.54) is 12.5 Å². The van der Waals surface area contributed by atoms with E-state index in [0.717, 1.165) is 19.3 Å². The number of allylic oxidation sites excluding steroid dienone is 2. The Bertz CT molecular complexity index is 1480. The van der Waals surface area contributed by atoms with Gasteiger partial charge >= 0.3 is 20.8 Å². The summed E-state index contributed by atoms with van der Waals surface area (Å²) in [5, 5.41) is 32.3. The van der Waals surface area contributed by atoms with Crippen LogP contribution in [0.1, 0.15) is 92.9 Å². The van der Waals surface area contributed by atoms with Gasteiger partial charge in [-0.05, 0) is 98.2 Å². The van der Waals surface area contributed by atoms with Gasteiger partial charge in [0, 0.05) is 6.42 Å². The minimum atomic E-state index is -4.97. The van der Waals surface area contributed by atoms with Crippen molar-refractivity contribution in [2.45, 2.75) is 142 Å². The van der Waals surface area contributed by atoms with E-state index in [9.17, 15) is 46.1 Å². The van der Waals surface area contributed by atoms with Crippen molar-refractivity contribution < 1.29 is 63.9 Å². The lowest BCUT2D eigenvalue weighted by Crippen LogP contribution is -2.61. The van der Waals surface area contributed by atoms with E-state index in [4.69, 9.17) is 13.7 Å². The summed E-state index contributed by atoms with van der Waals surface area (Å²) in [6.45, 7) is 11.6. The third-order valence-electron chi connectivity index (χ3n) is 12.8. The van der Waals surface area contributed by atoms with Crippen molar-refractivity contribution in [1.29, 1.82) is 0 Å². The van der Waals surface area contributed by atoms with E-state index in [1.807, 2.05) is 13.8 Å². The molecule has 1 aliphatic heterocycles. The van der Waals surface area contributed by atoms with Crippen LogP contribution >= 0.6 is 0 Å². The molecule has 0 aromatic carbocycles. The van der Waals surface area contributed by atoms with Crippen molar-refractivity contribution in [3.05, 3.63) is 11.6 Å². The Hall–Kier alpha value is -1.05. The van der Waals surface area contributed by atoms with Crippen molar-refractivity contribution in [3.8, 4) is 0 Å². The Labute approximate surface area is 289 Å². The smallest absolute Gasteiger partial charge is 0.387 e. The zero-order chi connectivity index (χ0) is 36.4. The third kappa shape index (κ3) is 7.85. The molecule has 3 saturated carbocycles. The fourth-order valence-corrected chi connectivity index (χ4v) is 11.5. The van der Waals surface area contributed by atoms with E-state index < -0.39 is 75.2 Å². The highest BCUT2D eigenvalue weighted by molar-refractivity contribution is 7.81. The minimum absolute atomic E-state index is 0.0527. The number of aliphatic hydroxyl groups excluding tert-OH is 3. The van der Waals surface area contributed by atoms with Crippen LogP contribution in [0.25, 0.3) is 0 Å². The Morgan fingerprint density at radius 2 is 1.63 bits per heavy atom. The monoisotopic (exact) mass is 738 g/mol. The molecular formula is C33H54O14S2. The Balaban J connectivity index is 1.43. The van der Waals surface area contributed by atoms with Gasteiger partial charge in [-0.25, -0.2) is 8.37 Å². The fourth-order valence-electron chi connectivity index (χ4n) is 10.4. The molecule has 4 aliphatic carbocycles. The van der Waals surface area contributed by atoms with Gasteiger partial charge < -0.3 is 24.8 Å². The highest BCUT2D eigenvalue weighted by Gasteiger charge is 2.61. The van der Waals surface area contributed by atoms with Gasteiger partial charge in [-0.15, -0.1) is 0 Å². The normalized spacial score (nSPS) is 44.0. The number of hydrogen-bond acceptors (Lipinski definition) is 12. The lowest BCUT2D eigenvalue weighted by molar-refractivity contribution is -0.312. The highest BCUT2D eigenvalue weighted by Crippen LogP contribution is 2.67. The first-order valence-electron chi connectivity index (χ1n) is 17.5. The van der Waals surface area contributed by atoms with Crippen LogP contribution in [0, 0.1) is 46.3 Å². The van der Waals surface area contributed by atoms with Crippen LogP contribution in [-0.2, 0) is 43.4 Å². The molecule has 0 amide bonds. The average molecular weight is 739 g/mol. The zero-order valence-electron chi connectivity index (χ0n) is 29.0. The van der Waals surface area contributed by atoms with Crippen LogP contribution in [0.4, 0.5) is 0 Å². The molecule has 0 bridgehead atoms. The van der Waals surface area contributed by atoms with E-state index in [0.29, 0.717) is 25.7 Å². The highest BCUT2D eigenvalue weighted by atomic mass is 32.3. The topological polar surface area (TPSA) is 223 Å². The summed E-state index contributed by atoms with van der Waals surface area (Å²) in [6.07, 6.45) is -3.17. The molecule has 0 radical (unpaired) electrons. The number of rotatable bonds is 11. The molecule has 0 aromatic heterocycles. The van der Waals surface area contributed by atoms with Gasteiger partial charge in [-0.2, -0.15) is 16.8 Å². The average Bonchev–Trinajstić information content (AvgIpc) is 3.34. The molecule has 14 nitrogen and oxygen atoms in total. The molecule has 0 unspecified atom stereocenters. The second-order valence-corrected chi connectivity index (χ2v) is 18.2. The lowest BCUT2D eigenvalue weighted by Gasteiger charge is -2.59. The SMILES string of the molecule is CC(C)[C@H](O)C(=O)C[C@@H](C)[C@H]1CC[C@H]2[C@@H]3C[C@H](O[C@H]4O[C@@H](C)[C@H](OS(=O)(=O)O)[C@@H](O)[C@@H]4O)[C@H]4C[C@@H](OS(=O)(=O)O)CC[C@]4(C)C3=CC[C@]12C. The first-order valence-corrected chi connectivity index (χ1v) is 20.2. The number of ketones is 1. The molecule has 0 spiro atoms. The maximum atomic E-state index is 12.9. The first kappa shape index (κ1) is 39.2. The molecule has 16 heteroatoms. The molecule has 5 N–H and O–H groups in total. The summed E-state index contributed by atoms with van der Waals surface area (Å²) in [4.78, 5) is 12.9. The van der Waals surface area contributed by atoms with Crippen molar-refractivity contribution in [2.24, 2.45) is 46.3 Å². The second kappa shape index (κ2) is 14.1. The zero-order valence-corrected chi connectivity index (χ0v) is 30.7. The molecule has 4 fully saturated rings. The van der Waals surface area contributed by atoms with Crippen LogP contribution in [0.3, 0.4) is 0 Å². The third-order valence-corrected chi connectivity index (χ3v) is 13.8. The standard InChI is InChI=1S/C33H54O14S2/c1-16(2)27(35)25(34)13-17(3)21-7-8-22-20-15-26(45-31-29(37)28(36)30(18(4)44-31)47-49(41,42)43)24-14-19(46-48(38,39)40)9-11-33(24,6)23(20)10-12-32(21,22)5/h10,16-22,24,26-31,35-37H,7-9,11-15H2,1-6H3,(H,38,39,40)(H,41,42,43)/t17-,18+,19+,20+,21-,22+,24-,26+,27+,28+,29+,30+,31-,32-,33-/m1/s1. The van der Waals surface area contributed by atoms with Crippen molar-refractivity contribution in [2.75, 3.05) is 0 Å². The van der Waals surface area contributed by atoms with Crippen molar-refractivity contribution >= 4 is 26.6 Å². The summed E-state index contributed by atoms with van der Waals surface area (Å²) < 4.78 is 86.8.